The molecule has 0 saturated carbocycles. The summed E-state index contributed by atoms with van der Waals surface area (Å²) in [4.78, 5) is 23.5. The van der Waals surface area contributed by atoms with E-state index in [-0.39, 0.29) is 10.7 Å². The number of carbonyl (C=O) groups excluding carboxylic acids is 2. The van der Waals surface area contributed by atoms with Gasteiger partial charge in [0.2, 0.25) is 0 Å². The molecule has 0 radical (unpaired) electrons. The molecule has 142 valence electrons. The van der Waals surface area contributed by atoms with Gasteiger partial charge in [-0.3, -0.25) is 4.79 Å². The maximum atomic E-state index is 13.5. The van der Waals surface area contributed by atoms with E-state index in [1.54, 1.807) is 18.2 Å². The zero-order valence-corrected chi connectivity index (χ0v) is 15.4. The molecule has 6 nitrogen and oxygen atoms in total. The van der Waals surface area contributed by atoms with Gasteiger partial charge in [-0.05, 0) is 42.0 Å². The minimum absolute atomic E-state index is 0.0931. The van der Waals surface area contributed by atoms with Crippen LogP contribution in [-0.2, 0) is 14.3 Å². The summed E-state index contributed by atoms with van der Waals surface area (Å²) < 4.78 is 28.7. The van der Waals surface area contributed by atoms with Crippen LogP contribution in [0.4, 0.5) is 10.1 Å². The summed E-state index contributed by atoms with van der Waals surface area (Å²) in [5.41, 5.74) is 0.583. The van der Waals surface area contributed by atoms with E-state index >= 15 is 0 Å². The van der Waals surface area contributed by atoms with Crippen molar-refractivity contribution in [2.24, 2.45) is 0 Å². The number of esters is 1. The van der Waals surface area contributed by atoms with Crippen molar-refractivity contribution in [2.45, 2.75) is 0 Å². The van der Waals surface area contributed by atoms with E-state index in [0.717, 1.165) is 12.1 Å². The van der Waals surface area contributed by atoms with E-state index in [1.807, 2.05) is 0 Å². The van der Waals surface area contributed by atoms with Gasteiger partial charge in [-0.2, -0.15) is 0 Å². The van der Waals surface area contributed by atoms with Crippen LogP contribution in [0.2, 0.25) is 5.02 Å². The fourth-order valence-corrected chi connectivity index (χ4v) is 2.26. The number of halogens is 2. The molecule has 0 unspecified atom stereocenters. The molecule has 0 atom stereocenters. The maximum Gasteiger partial charge on any atom is 0.331 e. The van der Waals surface area contributed by atoms with Crippen LogP contribution in [0.15, 0.2) is 42.5 Å². The van der Waals surface area contributed by atoms with Crippen molar-refractivity contribution in [1.29, 1.82) is 0 Å². The zero-order chi connectivity index (χ0) is 19.8. The molecule has 0 aliphatic heterocycles. The molecule has 2 rings (SSSR count). The largest absolute Gasteiger partial charge is 0.493 e. The van der Waals surface area contributed by atoms with Gasteiger partial charge in [0.25, 0.3) is 5.91 Å². The number of rotatable bonds is 7. The first-order valence-electron chi connectivity index (χ1n) is 7.74. The second kappa shape index (κ2) is 9.59. The van der Waals surface area contributed by atoms with Gasteiger partial charge >= 0.3 is 5.97 Å². The van der Waals surface area contributed by atoms with Crippen molar-refractivity contribution >= 4 is 35.2 Å². The van der Waals surface area contributed by atoms with Crippen molar-refractivity contribution in [3.05, 3.63) is 58.9 Å². The molecule has 0 heterocycles. The Bertz CT molecular complexity index is 869. The van der Waals surface area contributed by atoms with E-state index in [2.05, 4.69) is 5.32 Å². The van der Waals surface area contributed by atoms with Gasteiger partial charge in [-0.25, -0.2) is 9.18 Å². The molecule has 0 aliphatic rings. The van der Waals surface area contributed by atoms with Crippen LogP contribution in [0, 0.1) is 5.82 Å². The van der Waals surface area contributed by atoms with Crippen molar-refractivity contribution in [3.63, 3.8) is 0 Å². The Balaban J connectivity index is 1.89. The van der Waals surface area contributed by atoms with Gasteiger partial charge in [0, 0.05) is 11.1 Å². The lowest BCUT2D eigenvalue weighted by atomic mass is 10.2. The van der Waals surface area contributed by atoms with E-state index in [0.29, 0.717) is 17.1 Å². The molecule has 2 aromatic rings. The van der Waals surface area contributed by atoms with Gasteiger partial charge in [-0.15, -0.1) is 0 Å². The fraction of sp³-hybridized carbons (Fsp3) is 0.158. The lowest BCUT2D eigenvalue weighted by molar-refractivity contribution is -0.142. The zero-order valence-electron chi connectivity index (χ0n) is 14.6. The Kier molecular flexibility index (Phi) is 7.19. The fourth-order valence-electron chi connectivity index (χ4n) is 2.09. The monoisotopic (exact) mass is 393 g/mol. The average Bonchev–Trinajstić information content (AvgIpc) is 2.67. The van der Waals surface area contributed by atoms with Gasteiger partial charge in [0.05, 0.1) is 19.9 Å². The van der Waals surface area contributed by atoms with Crippen LogP contribution in [0.25, 0.3) is 6.08 Å². The summed E-state index contributed by atoms with van der Waals surface area (Å²) in [5.74, 6) is -0.999. The highest BCUT2D eigenvalue weighted by atomic mass is 35.5. The Hall–Kier alpha value is -3.06. The number of benzene rings is 2. The molecule has 0 aromatic heterocycles. The summed E-state index contributed by atoms with van der Waals surface area (Å²) >= 11 is 5.74. The Morgan fingerprint density at radius 1 is 1.11 bits per heavy atom. The number of hydrogen-bond acceptors (Lipinski definition) is 5. The normalized spacial score (nSPS) is 10.5. The Labute approximate surface area is 160 Å². The highest BCUT2D eigenvalue weighted by molar-refractivity contribution is 6.30. The molecule has 0 bridgehead atoms. The lowest BCUT2D eigenvalue weighted by Gasteiger charge is -2.08. The first-order valence-corrected chi connectivity index (χ1v) is 8.12. The topological polar surface area (TPSA) is 73.9 Å². The summed E-state index contributed by atoms with van der Waals surface area (Å²) in [6, 6.07) is 8.82. The number of carbonyl (C=O) groups is 2. The smallest absolute Gasteiger partial charge is 0.331 e. The van der Waals surface area contributed by atoms with Crippen LogP contribution < -0.4 is 14.8 Å². The molecule has 1 N–H and O–H groups in total. The minimum Gasteiger partial charge on any atom is -0.493 e. The maximum absolute atomic E-state index is 13.5. The van der Waals surface area contributed by atoms with E-state index in [9.17, 15) is 14.0 Å². The number of nitrogens with one attached hydrogen (secondary N) is 1. The molecule has 2 aromatic carbocycles. The molecule has 0 fully saturated rings. The molecule has 8 heteroatoms. The summed E-state index contributed by atoms with van der Waals surface area (Å²) in [7, 11) is 3.02. The van der Waals surface area contributed by atoms with Gasteiger partial charge in [-0.1, -0.05) is 17.7 Å². The third-order valence-electron chi connectivity index (χ3n) is 3.37. The first kappa shape index (κ1) is 20.3. The predicted octanol–water partition coefficient (Wildman–Crippen LogP) is 3.69. The quantitative estimate of drug-likeness (QED) is 0.573. The van der Waals surface area contributed by atoms with Crippen molar-refractivity contribution < 1.29 is 28.2 Å². The molecular formula is C19H17ClFNO5. The third-order valence-corrected chi connectivity index (χ3v) is 3.60. The SMILES string of the molecule is COc1ccc(/C=C/C(=O)OCC(=O)Nc2cc(Cl)ccc2F)cc1OC. The number of amides is 1. The molecule has 0 saturated heterocycles. The van der Waals surface area contributed by atoms with Gasteiger partial charge in [0.15, 0.2) is 18.1 Å². The van der Waals surface area contributed by atoms with Gasteiger partial charge in [0.1, 0.15) is 5.82 Å². The second-order valence-corrected chi connectivity index (χ2v) is 5.66. The molecule has 27 heavy (non-hydrogen) atoms. The van der Waals surface area contributed by atoms with Crippen molar-refractivity contribution in [2.75, 3.05) is 26.1 Å². The van der Waals surface area contributed by atoms with E-state index < -0.39 is 24.3 Å². The van der Waals surface area contributed by atoms with Crippen molar-refractivity contribution in [3.8, 4) is 11.5 Å². The van der Waals surface area contributed by atoms with E-state index in [1.165, 1.54) is 32.4 Å². The molecule has 0 aliphatic carbocycles. The first-order chi connectivity index (χ1) is 12.9. The van der Waals surface area contributed by atoms with Gasteiger partial charge < -0.3 is 19.5 Å². The summed E-state index contributed by atoms with van der Waals surface area (Å²) in [5, 5.41) is 2.54. The van der Waals surface area contributed by atoms with Crippen molar-refractivity contribution in [1.82, 2.24) is 0 Å². The van der Waals surface area contributed by atoms with Crippen LogP contribution >= 0.6 is 11.6 Å². The standard InChI is InChI=1S/C19H17ClFNO5/c1-25-16-7-3-12(9-17(16)26-2)4-8-19(24)27-11-18(23)22-15-10-13(20)5-6-14(15)21/h3-10H,11H2,1-2H3,(H,22,23)/b8-4+. The second-order valence-electron chi connectivity index (χ2n) is 5.23. The number of methoxy groups -OCH3 is 2. The van der Waals surface area contributed by atoms with Crippen LogP contribution in [0.3, 0.4) is 0 Å². The molecule has 0 spiro atoms. The summed E-state index contributed by atoms with van der Waals surface area (Å²) in [6.07, 6.45) is 2.66. The molecular weight excluding hydrogens is 377 g/mol. The van der Waals surface area contributed by atoms with Crippen LogP contribution in [-0.4, -0.2) is 32.7 Å². The predicted molar refractivity (Wildman–Crippen MR) is 99.6 cm³/mol. The number of anilines is 1. The number of hydrogen-bond donors (Lipinski definition) is 1. The summed E-state index contributed by atoms with van der Waals surface area (Å²) in [6.45, 7) is -0.568. The highest BCUT2D eigenvalue weighted by Gasteiger charge is 2.10. The average molecular weight is 394 g/mol. The minimum atomic E-state index is -0.730. The third kappa shape index (κ3) is 6.00. The highest BCUT2D eigenvalue weighted by Crippen LogP contribution is 2.28. The van der Waals surface area contributed by atoms with Crippen LogP contribution in [0.1, 0.15) is 5.56 Å². The lowest BCUT2D eigenvalue weighted by Crippen LogP contribution is -2.20. The Morgan fingerprint density at radius 3 is 2.56 bits per heavy atom. The number of ether oxygens (including phenoxy) is 3. The van der Waals surface area contributed by atoms with Crippen LogP contribution in [0.5, 0.6) is 11.5 Å². The Morgan fingerprint density at radius 2 is 1.85 bits per heavy atom. The molecule has 1 amide bonds. The van der Waals surface area contributed by atoms with E-state index in [4.69, 9.17) is 25.8 Å².